The number of carbonyl (C=O) groups is 1. The van der Waals surface area contributed by atoms with E-state index in [1.54, 1.807) is 0 Å². The Morgan fingerprint density at radius 1 is 1.17 bits per heavy atom. The number of anilines is 1. The third-order valence-corrected chi connectivity index (χ3v) is 3.43. The first-order chi connectivity index (χ1) is 8.70. The van der Waals surface area contributed by atoms with E-state index < -0.39 is 0 Å². The highest BCUT2D eigenvalue weighted by atomic mass is 35.5. The lowest BCUT2D eigenvalue weighted by Gasteiger charge is -2.36. The number of amides is 1. The summed E-state index contributed by atoms with van der Waals surface area (Å²) in [5.41, 5.74) is 6.56. The Balaban J connectivity index is 1.90. The maximum absolute atomic E-state index is 11.7. The van der Waals surface area contributed by atoms with Crippen LogP contribution in [0.3, 0.4) is 0 Å². The molecule has 5 heteroatoms. The van der Waals surface area contributed by atoms with Gasteiger partial charge in [0.25, 0.3) is 0 Å². The Hall–Kier alpha value is -1.26. The lowest BCUT2D eigenvalue weighted by Crippen LogP contribution is -2.49. The Morgan fingerprint density at radius 2 is 1.78 bits per heavy atom. The monoisotopic (exact) mass is 267 g/mol. The molecule has 0 unspecified atom stereocenters. The highest BCUT2D eigenvalue weighted by molar-refractivity contribution is 6.30. The Morgan fingerprint density at radius 3 is 2.33 bits per heavy atom. The molecule has 0 radical (unpaired) electrons. The van der Waals surface area contributed by atoms with Crippen LogP contribution in [0.25, 0.3) is 0 Å². The van der Waals surface area contributed by atoms with E-state index in [4.69, 9.17) is 17.3 Å². The molecule has 2 rings (SSSR count). The van der Waals surface area contributed by atoms with Crippen LogP contribution in [0.5, 0.6) is 0 Å². The molecular formula is C13H18ClN3O. The number of hydrogen-bond acceptors (Lipinski definition) is 3. The van der Waals surface area contributed by atoms with E-state index in [0.29, 0.717) is 13.0 Å². The van der Waals surface area contributed by atoms with Gasteiger partial charge in [0.2, 0.25) is 5.91 Å². The lowest BCUT2D eigenvalue weighted by molar-refractivity contribution is -0.131. The number of hydrogen-bond donors (Lipinski definition) is 1. The number of rotatable bonds is 3. The van der Waals surface area contributed by atoms with Crippen molar-refractivity contribution >= 4 is 23.2 Å². The normalized spacial score (nSPS) is 15.9. The summed E-state index contributed by atoms with van der Waals surface area (Å²) < 4.78 is 0. The highest BCUT2D eigenvalue weighted by Crippen LogP contribution is 2.19. The summed E-state index contributed by atoms with van der Waals surface area (Å²) in [4.78, 5) is 15.9. The molecule has 4 nitrogen and oxygen atoms in total. The fourth-order valence-electron chi connectivity index (χ4n) is 2.15. The predicted molar refractivity (Wildman–Crippen MR) is 73.9 cm³/mol. The van der Waals surface area contributed by atoms with Gasteiger partial charge in [0.1, 0.15) is 0 Å². The van der Waals surface area contributed by atoms with Gasteiger partial charge in [-0.15, -0.1) is 0 Å². The summed E-state index contributed by atoms with van der Waals surface area (Å²) in [5.74, 6) is 0.160. The Labute approximate surface area is 112 Å². The predicted octanol–water partition coefficient (Wildman–Crippen LogP) is 1.34. The van der Waals surface area contributed by atoms with Crippen LogP contribution in [-0.4, -0.2) is 43.5 Å². The van der Waals surface area contributed by atoms with E-state index in [2.05, 4.69) is 4.90 Å². The first-order valence-electron chi connectivity index (χ1n) is 6.19. The van der Waals surface area contributed by atoms with Crippen molar-refractivity contribution < 1.29 is 4.79 Å². The molecule has 0 aromatic heterocycles. The third kappa shape index (κ3) is 3.15. The second-order valence-corrected chi connectivity index (χ2v) is 4.82. The van der Waals surface area contributed by atoms with Gasteiger partial charge in [-0.1, -0.05) is 11.6 Å². The van der Waals surface area contributed by atoms with Gasteiger partial charge in [-0.2, -0.15) is 0 Å². The van der Waals surface area contributed by atoms with Crippen molar-refractivity contribution in [1.29, 1.82) is 0 Å². The summed E-state index contributed by atoms with van der Waals surface area (Å²) in [6.07, 6.45) is 0.445. The molecule has 0 aliphatic carbocycles. The zero-order valence-corrected chi connectivity index (χ0v) is 11.1. The lowest BCUT2D eigenvalue weighted by atomic mass is 10.2. The first-order valence-corrected chi connectivity index (χ1v) is 6.57. The molecule has 18 heavy (non-hydrogen) atoms. The molecular weight excluding hydrogens is 250 g/mol. The van der Waals surface area contributed by atoms with Gasteiger partial charge in [0, 0.05) is 49.9 Å². The van der Waals surface area contributed by atoms with Crippen molar-refractivity contribution in [2.45, 2.75) is 6.42 Å². The zero-order valence-electron chi connectivity index (χ0n) is 10.3. The number of halogens is 1. The molecule has 1 fully saturated rings. The van der Waals surface area contributed by atoms with Gasteiger partial charge in [-0.25, -0.2) is 0 Å². The summed E-state index contributed by atoms with van der Waals surface area (Å²) >= 11 is 5.87. The maximum atomic E-state index is 11.7. The van der Waals surface area contributed by atoms with Crippen molar-refractivity contribution in [2.24, 2.45) is 5.73 Å². The molecule has 1 saturated heterocycles. The third-order valence-electron chi connectivity index (χ3n) is 3.18. The van der Waals surface area contributed by atoms with E-state index in [0.717, 1.165) is 36.9 Å². The molecule has 0 spiro atoms. The minimum absolute atomic E-state index is 0.160. The average Bonchev–Trinajstić information content (AvgIpc) is 2.40. The van der Waals surface area contributed by atoms with Gasteiger partial charge in [-0.05, 0) is 24.3 Å². The molecule has 2 N–H and O–H groups in total. The molecule has 1 aliphatic rings. The van der Waals surface area contributed by atoms with Gasteiger partial charge in [0.05, 0.1) is 0 Å². The van der Waals surface area contributed by atoms with Crippen LogP contribution in [0.2, 0.25) is 5.02 Å². The molecule has 1 amide bonds. The number of nitrogens with two attached hydrogens (primary N) is 1. The topological polar surface area (TPSA) is 49.6 Å². The van der Waals surface area contributed by atoms with Crippen LogP contribution in [-0.2, 0) is 4.79 Å². The van der Waals surface area contributed by atoms with E-state index in [1.807, 2.05) is 29.2 Å². The van der Waals surface area contributed by atoms with Crippen molar-refractivity contribution in [3.8, 4) is 0 Å². The molecule has 1 heterocycles. The maximum Gasteiger partial charge on any atom is 0.223 e. The fourth-order valence-corrected chi connectivity index (χ4v) is 2.27. The highest BCUT2D eigenvalue weighted by Gasteiger charge is 2.20. The van der Waals surface area contributed by atoms with Crippen molar-refractivity contribution in [3.63, 3.8) is 0 Å². The van der Waals surface area contributed by atoms with E-state index in [-0.39, 0.29) is 5.91 Å². The van der Waals surface area contributed by atoms with Crippen LogP contribution in [0, 0.1) is 0 Å². The second kappa shape index (κ2) is 6.07. The molecule has 0 saturated carbocycles. The standard InChI is InChI=1S/C13H18ClN3O/c14-11-1-3-12(4-2-11)16-7-9-17(10-8-16)13(18)5-6-15/h1-4H,5-10,15H2. The summed E-state index contributed by atoms with van der Waals surface area (Å²) in [6, 6.07) is 7.81. The average molecular weight is 268 g/mol. The number of carbonyl (C=O) groups excluding carboxylic acids is 1. The van der Waals surface area contributed by atoms with Crippen molar-refractivity contribution in [1.82, 2.24) is 4.90 Å². The van der Waals surface area contributed by atoms with E-state index >= 15 is 0 Å². The second-order valence-electron chi connectivity index (χ2n) is 4.38. The van der Waals surface area contributed by atoms with Gasteiger partial charge in [-0.3, -0.25) is 4.79 Å². The van der Waals surface area contributed by atoms with Crippen LogP contribution < -0.4 is 10.6 Å². The van der Waals surface area contributed by atoms with E-state index in [1.165, 1.54) is 0 Å². The van der Waals surface area contributed by atoms with Crippen LogP contribution in [0.15, 0.2) is 24.3 Å². The van der Waals surface area contributed by atoms with Crippen LogP contribution in [0.4, 0.5) is 5.69 Å². The largest absolute Gasteiger partial charge is 0.368 e. The van der Waals surface area contributed by atoms with Gasteiger partial charge < -0.3 is 15.5 Å². The SMILES string of the molecule is NCCC(=O)N1CCN(c2ccc(Cl)cc2)CC1. The fraction of sp³-hybridized carbons (Fsp3) is 0.462. The van der Waals surface area contributed by atoms with Gasteiger partial charge in [0.15, 0.2) is 0 Å². The number of nitrogens with zero attached hydrogens (tertiary/aromatic N) is 2. The molecule has 0 bridgehead atoms. The minimum atomic E-state index is 0.160. The Bertz CT molecular complexity index is 399. The van der Waals surface area contributed by atoms with E-state index in [9.17, 15) is 4.79 Å². The van der Waals surface area contributed by atoms with Crippen molar-refractivity contribution in [3.05, 3.63) is 29.3 Å². The summed E-state index contributed by atoms with van der Waals surface area (Å²) in [7, 11) is 0. The van der Waals surface area contributed by atoms with Gasteiger partial charge >= 0.3 is 0 Å². The molecule has 1 aromatic rings. The molecule has 98 valence electrons. The number of piperazine rings is 1. The van der Waals surface area contributed by atoms with Crippen LogP contribution in [0.1, 0.15) is 6.42 Å². The molecule has 1 aromatic carbocycles. The molecule has 1 aliphatic heterocycles. The summed E-state index contributed by atoms with van der Waals surface area (Å²) in [5, 5.41) is 0.746. The first kappa shape index (κ1) is 13.2. The smallest absolute Gasteiger partial charge is 0.223 e. The minimum Gasteiger partial charge on any atom is -0.368 e. The Kier molecular flexibility index (Phi) is 4.44. The van der Waals surface area contributed by atoms with Crippen molar-refractivity contribution in [2.75, 3.05) is 37.6 Å². The summed E-state index contributed by atoms with van der Waals surface area (Å²) in [6.45, 7) is 3.68. The van der Waals surface area contributed by atoms with Crippen LogP contribution >= 0.6 is 11.6 Å². The quantitative estimate of drug-likeness (QED) is 0.899. The number of benzene rings is 1. The zero-order chi connectivity index (χ0) is 13.0. The molecule has 0 atom stereocenters.